The van der Waals surface area contributed by atoms with Crippen molar-refractivity contribution in [3.8, 4) is 5.88 Å². The predicted molar refractivity (Wildman–Crippen MR) is 94.1 cm³/mol. The van der Waals surface area contributed by atoms with Gasteiger partial charge in [-0.2, -0.15) is 0 Å². The lowest BCUT2D eigenvalue weighted by Gasteiger charge is -2.23. The van der Waals surface area contributed by atoms with E-state index in [-0.39, 0.29) is 6.54 Å². The molecule has 0 saturated heterocycles. The summed E-state index contributed by atoms with van der Waals surface area (Å²) in [5.41, 5.74) is 0.415. The number of halogens is 1. The number of aliphatic carboxylic acids is 1. The molecule has 1 aliphatic rings. The van der Waals surface area contributed by atoms with Gasteiger partial charge in [-0.3, -0.25) is 4.79 Å². The Morgan fingerprint density at radius 3 is 2.44 bits per heavy atom. The van der Waals surface area contributed by atoms with E-state index in [0.29, 0.717) is 11.1 Å². The van der Waals surface area contributed by atoms with Crippen LogP contribution >= 0.6 is 11.6 Å². The summed E-state index contributed by atoms with van der Waals surface area (Å²) in [5, 5.41) is 9.04. The van der Waals surface area contributed by atoms with Crippen molar-refractivity contribution in [2.45, 2.75) is 52.2 Å². The number of amides is 1. The van der Waals surface area contributed by atoms with E-state index in [0.717, 1.165) is 29.2 Å². The van der Waals surface area contributed by atoms with E-state index in [1.54, 1.807) is 27.0 Å². The molecule has 1 amide bonds. The summed E-state index contributed by atoms with van der Waals surface area (Å²) in [7, 11) is 1.38. The number of carboxylic acids is 1. The minimum Gasteiger partial charge on any atom is -0.480 e. The molecule has 8 heteroatoms. The molecule has 0 radical (unpaired) electrons. The van der Waals surface area contributed by atoms with Gasteiger partial charge in [0.15, 0.2) is 0 Å². The number of ether oxygens (including phenoxy) is 2. The van der Waals surface area contributed by atoms with Crippen molar-refractivity contribution >= 4 is 23.7 Å². The molecule has 0 aromatic carbocycles. The number of carbonyl (C=O) groups is 2. The molecule has 1 N–H and O–H groups in total. The van der Waals surface area contributed by atoms with Gasteiger partial charge in [-0.15, -0.1) is 0 Å². The molecule has 140 valence electrons. The first kappa shape index (κ1) is 21.0. The van der Waals surface area contributed by atoms with Crippen LogP contribution in [0, 0.1) is 6.92 Å². The maximum atomic E-state index is 11.1. The third kappa shape index (κ3) is 9.14. The third-order valence-electron chi connectivity index (χ3n) is 2.88. The van der Waals surface area contributed by atoms with Crippen molar-refractivity contribution in [3.63, 3.8) is 0 Å². The molecular weight excluding hydrogens is 348 g/mol. The number of pyridine rings is 1. The van der Waals surface area contributed by atoms with Gasteiger partial charge in [0.1, 0.15) is 18.2 Å². The zero-order valence-electron chi connectivity index (χ0n) is 15.2. The van der Waals surface area contributed by atoms with Gasteiger partial charge in [-0.05, 0) is 46.6 Å². The minimum absolute atomic E-state index is 0.352. The molecule has 25 heavy (non-hydrogen) atoms. The third-order valence-corrected chi connectivity index (χ3v) is 3.08. The lowest BCUT2D eigenvalue weighted by atomic mass is 10.2. The number of carboxylic acid groups (broad SMARTS) is 1. The number of likely N-dealkylation sites (N-methyl/N-ethyl adjacent to an activating group) is 1. The Balaban J connectivity index is 0.000000250. The highest BCUT2D eigenvalue weighted by molar-refractivity contribution is 6.30. The van der Waals surface area contributed by atoms with E-state index < -0.39 is 17.7 Å². The molecule has 1 saturated carbocycles. The lowest BCUT2D eigenvalue weighted by molar-refractivity contribution is -0.137. The van der Waals surface area contributed by atoms with Crippen molar-refractivity contribution in [1.82, 2.24) is 9.88 Å². The second-order valence-electron chi connectivity index (χ2n) is 6.82. The summed E-state index contributed by atoms with van der Waals surface area (Å²) in [4.78, 5) is 26.5. The smallest absolute Gasteiger partial charge is 0.410 e. The van der Waals surface area contributed by atoms with Crippen molar-refractivity contribution in [2.75, 3.05) is 13.6 Å². The Bertz CT molecular complexity index is 612. The van der Waals surface area contributed by atoms with Crippen LogP contribution < -0.4 is 4.74 Å². The second-order valence-corrected chi connectivity index (χ2v) is 7.26. The van der Waals surface area contributed by atoms with Gasteiger partial charge >= 0.3 is 12.1 Å². The molecule has 0 spiro atoms. The van der Waals surface area contributed by atoms with E-state index in [4.69, 9.17) is 26.2 Å². The minimum atomic E-state index is -1.06. The van der Waals surface area contributed by atoms with Gasteiger partial charge in [0.25, 0.3) is 0 Å². The molecule has 1 aromatic heterocycles. The summed E-state index contributed by atoms with van der Waals surface area (Å²) in [6.45, 7) is 6.77. The molecule has 0 bridgehead atoms. The van der Waals surface area contributed by atoms with Crippen LogP contribution in [0.15, 0.2) is 12.3 Å². The van der Waals surface area contributed by atoms with Crippen LogP contribution in [0.1, 0.15) is 39.2 Å². The molecule has 1 heterocycles. The van der Waals surface area contributed by atoms with E-state index in [1.807, 2.05) is 13.0 Å². The van der Waals surface area contributed by atoms with Crippen molar-refractivity contribution < 1.29 is 24.2 Å². The number of aromatic nitrogens is 1. The van der Waals surface area contributed by atoms with Gasteiger partial charge in [-0.25, -0.2) is 9.78 Å². The van der Waals surface area contributed by atoms with Crippen LogP contribution in [0.5, 0.6) is 5.88 Å². The largest absolute Gasteiger partial charge is 0.480 e. The Hall–Kier alpha value is -2.02. The molecule has 0 atom stereocenters. The average Bonchev–Trinajstić information content (AvgIpc) is 3.24. The fourth-order valence-corrected chi connectivity index (χ4v) is 1.81. The zero-order chi connectivity index (χ0) is 19.2. The predicted octanol–water partition coefficient (Wildman–Crippen LogP) is 3.52. The average molecular weight is 373 g/mol. The van der Waals surface area contributed by atoms with Gasteiger partial charge in [0.2, 0.25) is 5.88 Å². The number of hydrogen-bond acceptors (Lipinski definition) is 5. The maximum absolute atomic E-state index is 11.1. The molecule has 7 nitrogen and oxygen atoms in total. The van der Waals surface area contributed by atoms with Crippen LogP contribution in [-0.2, 0) is 9.53 Å². The van der Waals surface area contributed by atoms with Crippen LogP contribution in [0.3, 0.4) is 0 Å². The van der Waals surface area contributed by atoms with Gasteiger partial charge in [0, 0.05) is 18.8 Å². The Kier molecular flexibility index (Phi) is 7.48. The van der Waals surface area contributed by atoms with Crippen LogP contribution in [0.25, 0.3) is 0 Å². The standard InChI is InChI=1S/C9H10ClNO.C8H15NO4/c1-6-4-7(10)5-11-9(6)12-8-2-3-8;1-8(2,3)13-7(12)9(4)5-6(10)11/h4-5,8H,2-3H2,1H3;5H2,1-4H3,(H,10,11). The topological polar surface area (TPSA) is 89.0 Å². The number of aryl methyl sites for hydroxylation is 1. The first-order chi connectivity index (χ1) is 11.5. The fourth-order valence-electron chi connectivity index (χ4n) is 1.60. The summed E-state index contributed by atoms with van der Waals surface area (Å²) >= 11 is 5.75. The molecule has 1 aromatic rings. The Morgan fingerprint density at radius 2 is 2.00 bits per heavy atom. The molecule has 1 aliphatic carbocycles. The number of carbonyl (C=O) groups excluding carboxylic acids is 1. The van der Waals surface area contributed by atoms with E-state index in [9.17, 15) is 9.59 Å². The van der Waals surface area contributed by atoms with Gasteiger partial charge in [-0.1, -0.05) is 11.6 Å². The number of rotatable bonds is 4. The quantitative estimate of drug-likeness (QED) is 0.869. The summed E-state index contributed by atoms with van der Waals surface area (Å²) in [6.07, 6.45) is 3.70. The summed E-state index contributed by atoms with van der Waals surface area (Å²) in [5.74, 6) is -0.338. The normalized spacial score (nSPS) is 13.4. The number of nitrogens with zero attached hydrogens (tertiary/aromatic N) is 2. The Labute approximate surface area is 152 Å². The van der Waals surface area contributed by atoms with Crippen LogP contribution in [-0.4, -0.2) is 52.4 Å². The summed E-state index contributed by atoms with van der Waals surface area (Å²) in [6, 6.07) is 1.87. The van der Waals surface area contributed by atoms with Gasteiger partial charge < -0.3 is 19.5 Å². The molecule has 0 unspecified atom stereocenters. The van der Waals surface area contributed by atoms with E-state index in [2.05, 4.69) is 4.98 Å². The molecule has 0 aliphatic heterocycles. The summed E-state index contributed by atoms with van der Waals surface area (Å²) < 4.78 is 10.5. The maximum Gasteiger partial charge on any atom is 0.410 e. The Morgan fingerprint density at radius 1 is 1.40 bits per heavy atom. The number of hydrogen-bond donors (Lipinski definition) is 1. The SMILES string of the molecule is CN(CC(=O)O)C(=O)OC(C)(C)C.Cc1cc(Cl)cnc1OC1CC1. The van der Waals surface area contributed by atoms with Crippen molar-refractivity contribution in [2.24, 2.45) is 0 Å². The van der Waals surface area contributed by atoms with Crippen molar-refractivity contribution in [3.05, 3.63) is 22.8 Å². The van der Waals surface area contributed by atoms with Crippen LogP contribution in [0.4, 0.5) is 4.79 Å². The highest BCUT2D eigenvalue weighted by Crippen LogP contribution is 2.28. The highest BCUT2D eigenvalue weighted by atomic mass is 35.5. The van der Waals surface area contributed by atoms with Gasteiger partial charge in [0.05, 0.1) is 5.02 Å². The van der Waals surface area contributed by atoms with Crippen molar-refractivity contribution in [1.29, 1.82) is 0 Å². The zero-order valence-corrected chi connectivity index (χ0v) is 16.0. The fraction of sp³-hybridized carbons (Fsp3) is 0.588. The first-order valence-corrected chi connectivity index (χ1v) is 8.30. The van der Waals surface area contributed by atoms with Crippen LogP contribution in [0.2, 0.25) is 5.02 Å². The van der Waals surface area contributed by atoms with E-state index in [1.165, 1.54) is 7.05 Å². The molecule has 2 rings (SSSR count). The van der Waals surface area contributed by atoms with E-state index >= 15 is 0 Å². The first-order valence-electron chi connectivity index (χ1n) is 7.92. The molecular formula is C17H25ClN2O5. The monoisotopic (exact) mass is 372 g/mol. The molecule has 1 fully saturated rings. The second kappa shape index (κ2) is 8.89. The highest BCUT2D eigenvalue weighted by Gasteiger charge is 2.24. The lowest BCUT2D eigenvalue weighted by Crippen LogP contribution is -2.37.